The zero-order valence-electron chi connectivity index (χ0n) is 17.4. The highest BCUT2D eigenvalue weighted by Gasteiger charge is 2.59. The maximum atomic E-state index is 10.2. The lowest BCUT2D eigenvalue weighted by Gasteiger charge is -2.61. The molecule has 148 valence electrons. The van der Waals surface area contributed by atoms with Gasteiger partial charge >= 0.3 is 0 Å². The van der Waals surface area contributed by atoms with Crippen LogP contribution in [0.25, 0.3) is 0 Å². The van der Waals surface area contributed by atoms with E-state index in [0.29, 0.717) is 10.8 Å². The summed E-state index contributed by atoms with van der Waals surface area (Å²) < 4.78 is 0. The molecule has 4 aliphatic rings. The Bertz CT molecular complexity index is 512. The molecule has 0 aromatic carbocycles. The minimum atomic E-state index is -0.00934. The second-order valence-corrected chi connectivity index (χ2v) is 11.0. The predicted molar refractivity (Wildman–Crippen MR) is 110 cm³/mol. The van der Waals surface area contributed by atoms with Crippen molar-refractivity contribution in [3.8, 4) is 0 Å². The van der Waals surface area contributed by atoms with Crippen molar-refractivity contribution in [2.24, 2.45) is 40.4 Å². The van der Waals surface area contributed by atoms with Crippen LogP contribution in [0.3, 0.4) is 0 Å². The Morgan fingerprint density at radius 1 is 0.923 bits per heavy atom. The van der Waals surface area contributed by atoms with E-state index in [1.165, 1.54) is 70.6 Å². The van der Waals surface area contributed by atoms with Crippen LogP contribution in [0, 0.1) is 40.4 Å². The van der Waals surface area contributed by atoms with Crippen molar-refractivity contribution in [2.75, 3.05) is 0 Å². The summed E-state index contributed by atoms with van der Waals surface area (Å²) >= 11 is 0. The highest BCUT2D eigenvalue weighted by atomic mass is 16.3. The zero-order valence-corrected chi connectivity index (χ0v) is 17.4. The highest BCUT2D eigenvalue weighted by molar-refractivity contribution is 5.09. The summed E-state index contributed by atoms with van der Waals surface area (Å²) in [5.74, 6) is 4.72. The molecule has 0 aliphatic heterocycles. The van der Waals surface area contributed by atoms with Crippen LogP contribution < -0.4 is 0 Å². The third kappa shape index (κ3) is 3.01. The Labute approximate surface area is 162 Å². The molecule has 0 amide bonds. The Balaban J connectivity index is 1.46. The summed E-state index contributed by atoms with van der Waals surface area (Å²) in [5, 5.41) is 10.2. The number of rotatable bonds is 5. The minimum Gasteiger partial charge on any atom is -0.393 e. The summed E-state index contributed by atoms with van der Waals surface area (Å²) in [6.45, 7) is 9.18. The molecule has 0 saturated heterocycles. The van der Waals surface area contributed by atoms with Crippen molar-refractivity contribution in [3.05, 3.63) is 12.7 Å². The van der Waals surface area contributed by atoms with Crippen molar-refractivity contribution in [1.29, 1.82) is 0 Å². The van der Waals surface area contributed by atoms with Crippen LogP contribution >= 0.6 is 0 Å². The molecule has 4 aliphatic carbocycles. The highest BCUT2D eigenvalue weighted by Crippen LogP contribution is 2.67. The molecule has 4 fully saturated rings. The number of allylic oxidation sites excluding steroid dienone is 1. The minimum absolute atomic E-state index is 0.00934. The molecule has 0 aromatic heterocycles. The number of hydrogen-bond donors (Lipinski definition) is 1. The second-order valence-electron chi connectivity index (χ2n) is 11.0. The molecule has 1 N–H and O–H groups in total. The van der Waals surface area contributed by atoms with Crippen LogP contribution in [-0.2, 0) is 0 Å². The van der Waals surface area contributed by atoms with Gasteiger partial charge < -0.3 is 5.11 Å². The van der Waals surface area contributed by atoms with Crippen LogP contribution in [0.4, 0.5) is 0 Å². The van der Waals surface area contributed by atoms with Gasteiger partial charge in [0.15, 0.2) is 0 Å². The Hall–Kier alpha value is -0.300. The molecule has 1 nitrogen and oxygen atoms in total. The van der Waals surface area contributed by atoms with E-state index in [1.54, 1.807) is 0 Å². The first-order chi connectivity index (χ1) is 12.5. The van der Waals surface area contributed by atoms with E-state index in [-0.39, 0.29) is 6.10 Å². The molecule has 8 atom stereocenters. The molecule has 0 radical (unpaired) electrons. The van der Waals surface area contributed by atoms with Gasteiger partial charge in [-0.2, -0.15) is 0 Å². The molecule has 8 unspecified atom stereocenters. The largest absolute Gasteiger partial charge is 0.393 e. The normalized spacial score (nSPS) is 50.6. The van der Waals surface area contributed by atoms with Gasteiger partial charge in [0.1, 0.15) is 0 Å². The lowest BCUT2D eigenvalue weighted by Crippen LogP contribution is -2.53. The monoisotopic (exact) mass is 358 g/mol. The Kier molecular flexibility index (Phi) is 5.32. The van der Waals surface area contributed by atoms with Gasteiger partial charge in [0.25, 0.3) is 0 Å². The van der Waals surface area contributed by atoms with Gasteiger partial charge in [-0.1, -0.05) is 26.3 Å². The topological polar surface area (TPSA) is 20.2 Å². The number of aliphatic hydroxyl groups excluding tert-OH is 1. The van der Waals surface area contributed by atoms with Crippen LogP contribution in [0.2, 0.25) is 0 Å². The van der Waals surface area contributed by atoms with E-state index in [2.05, 4.69) is 26.5 Å². The number of hydrogen-bond acceptors (Lipinski definition) is 1. The number of fused-ring (bicyclic) bond motifs is 5. The van der Waals surface area contributed by atoms with Gasteiger partial charge in [-0.3, -0.25) is 0 Å². The summed E-state index contributed by atoms with van der Waals surface area (Å²) in [4.78, 5) is 0. The van der Waals surface area contributed by atoms with Gasteiger partial charge in [0, 0.05) is 0 Å². The van der Waals surface area contributed by atoms with Gasteiger partial charge in [-0.15, -0.1) is 6.58 Å². The third-order valence-electron chi connectivity index (χ3n) is 10.0. The van der Waals surface area contributed by atoms with E-state index in [4.69, 9.17) is 0 Å². The smallest absolute Gasteiger partial charge is 0.0543 e. The van der Waals surface area contributed by atoms with Crippen molar-refractivity contribution < 1.29 is 5.11 Å². The lowest BCUT2D eigenvalue weighted by atomic mass is 9.44. The third-order valence-corrected chi connectivity index (χ3v) is 10.0. The van der Waals surface area contributed by atoms with Gasteiger partial charge in [0.05, 0.1) is 6.10 Å². The first kappa shape index (κ1) is 19.0. The molecule has 0 bridgehead atoms. The summed E-state index contributed by atoms with van der Waals surface area (Å²) in [5.41, 5.74) is 1.16. The Morgan fingerprint density at radius 3 is 2.50 bits per heavy atom. The molecule has 26 heavy (non-hydrogen) atoms. The van der Waals surface area contributed by atoms with E-state index >= 15 is 0 Å². The van der Waals surface area contributed by atoms with Crippen molar-refractivity contribution in [1.82, 2.24) is 0 Å². The summed E-state index contributed by atoms with van der Waals surface area (Å²) in [6.07, 6.45) is 19.7. The SMILES string of the molecule is C=CCCCCC1CCC2C3CCC4CC(O)CCC4(C)C3CCC12C. The average molecular weight is 359 g/mol. The Morgan fingerprint density at radius 2 is 1.69 bits per heavy atom. The van der Waals surface area contributed by atoms with Crippen LogP contribution in [0.1, 0.15) is 97.3 Å². The standard InChI is InChI=1S/C25H42O/c1-4-5-6-7-8-18-10-12-22-21-11-9-19-17-20(26)13-15-25(19,3)23(21)14-16-24(18,22)2/h4,18-23,26H,1,5-17H2,2-3H3. The molecular weight excluding hydrogens is 316 g/mol. The fraction of sp³-hybridized carbons (Fsp3) is 0.920. The fourth-order valence-corrected chi connectivity index (χ4v) is 8.50. The van der Waals surface area contributed by atoms with E-state index in [1.807, 2.05) is 0 Å². The summed E-state index contributed by atoms with van der Waals surface area (Å²) in [7, 11) is 0. The molecule has 0 spiro atoms. The zero-order chi connectivity index (χ0) is 18.4. The molecule has 0 heterocycles. The van der Waals surface area contributed by atoms with Crippen molar-refractivity contribution >= 4 is 0 Å². The first-order valence-electron chi connectivity index (χ1n) is 11.8. The van der Waals surface area contributed by atoms with Gasteiger partial charge in [-0.05, 0) is 117 Å². The predicted octanol–water partition coefficient (Wildman–Crippen LogP) is 6.75. The van der Waals surface area contributed by atoms with E-state index in [0.717, 1.165) is 42.4 Å². The molecule has 0 aromatic rings. The number of unbranched alkanes of at least 4 members (excludes halogenated alkanes) is 2. The lowest BCUT2D eigenvalue weighted by molar-refractivity contribution is -0.127. The fourth-order valence-electron chi connectivity index (χ4n) is 8.50. The quantitative estimate of drug-likeness (QED) is 0.425. The van der Waals surface area contributed by atoms with E-state index < -0.39 is 0 Å². The van der Waals surface area contributed by atoms with Crippen LogP contribution in [0.5, 0.6) is 0 Å². The molecule has 4 saturated carbocycles. The van der Waals surface area contributed by atoms with Crippen molar-refractivity contribution in [3.63, 3.8) is 0 Å². The second kappa shape index (κ2) is 7.26. The maximum Gasteiger partial charge on any atom is 0.0543 e. The van der Waals surface area contributed by atoms with E-state index in [9.17, 15) is 5.11 Å². The molecule has 1 heteroatoms. The van der Waals surface area contributed by atoms with Gasteiger partial charge in [0.2, 0.25) is 0 Å². The molecular formula is C25H42O. The first-order valence-corrected chi connectivity index (χ1v) is 11.8. The summed E-state index contributed by atoms with van der Waals surface area (Å²) in [6, 6.07) is 0. The maximum absolute atomic E-state index is 10.2. The number of aliphatic hydroxyl groups is 1. The van der Waals surface area contributed by atoms with Crippen molar-refractivity contribution in [2.45, 2.75) is 103 Å². The molecule has 4 rings (SSSR count). The van der Waals surface area contributed by atoms with Crippen LogP contribution in [0.15, 0.2) is 12.7 Å². The van der Waals surface area contributed by atoms with Crippen LogP contribution in [-0.4, -0.2) is 11.2 Å². The average Bonchev–Trinajstić information content (AvgIpc) is 2.96. The van der Waals surface area contributed by atoms with Gasteiger partial charge in [-0.25, -0.2) is 0 Å².